The van der Waals surface area contributed by atoms with Crippen LogP contribution in [-0.2, 0) is 31.9 Å². The summed E-state index contributed by atoms with van der Waals surface area (Å²) in [4.78, 5) is -1.98. The second kappa shape index (κ2) is 40.1. The minimum atomic E-state index is -4.86. The molecular weight excluding hydrogens is 1480 g/mol. The Kier molecular flexibility index (Phi) is 10.6. The standard InChI is InChI=1S/2C20H31NO3.3C19H29NO3/c2*1-20(2,3)11-14-12-21-7-6-13-8-18(23-4)19(24-5)9-15(13)16(21)10-17(14)22;3*1-12(2)7-14-11-20-6-5-13-8-18(22-3)19(23-4)9-15(13)16(20)10-17(14)21/h2*8-9,14,16-17,22H,6-7,10-12H2,1-5H3;3*8-9,12,14,16-17,21H,5-7,10-11H2,1-4H3/i1D3,2D3,5D3,6D2,7D2,8D,9D,10D2,11D2,12D2,14D,16D,17D;1D3,2D3,6D2,7D2,8D,9D,10D2,11D2,12D2,14D,16D,17D;4D3,5D2,6D2,8D,9D,10D2,11D2,14D,16D,17D;2*5D2,6D2,8D,9D,10D2,11D2,14D,16D,17D. The second-order valence-electron chi connectivity index (χ2n) is 27.1. The molecule has 117 heavy (non-hydrogen) atoms. The van der Waals surface area contributed by atoms with Crippen LogP contribution in [0.5, 0.6) is 57.5 Å². The molecule has 0 spiro atoms. The Bertz CT molecular complexity index is 8270. The van der Waals surface area contributed by atoms with Crippen LogP contribution in [0, 0.1) is 58.1 Å². The Morgan fingerprint density at radius 2 is 0.530 bits per heavy atom. The molecule has 5 aromatic rings. The molecule has 5 saturated heterocycles. The Labute approximate surface area is 824 Å². The van der Waals surface area contributed by atoms with E-state index in [0.29, 0.717) is 0 Å². The van der Waals surface area contributed by atoms with Crippen molar-refractivity contribution in [3.63, 3.8) is 0 Å². The van der Waals surface area contributed by atoms with Gasteiger partial charge in [-0.2, -0.15) is 0 Å². The molecule has 20 heteroatoms. The fourth-order valence-electron chi connectivity index (χ4n) is 11.5. The van der Waals surface area contributed by atoms with Gasteiger partial charge in [-0.3, -0.25) is 24.5 Å². The molecule has 0 aromatic heterocycles. The van der Waals surface area contributed by atoms with Gasteiger partial charge >= 0.3 is 0 Å². The molecule has 10 heterocycles. The van der Waals surface area contributed by atoms with E-state index in [9.17, 15) is 32.4 Å². The predicted molar refractivity (Wildman–Crippen MR) is 465 cm³/mol. The highest BCUT2D eigenvalue weighted by Gasteiger charge is 2.45. The van der Waals surface area contributed by atoms with Crippen LogP contribution in [0.2, 0.25) is 0 Å². The van der Waals surface area contributed by atoms with E-state index in [4.69, 9.17) is 160 Å². The third kappa shape index (κ3) is 22.0. The molecule has 15 rings (SSSR count). The zero-order valence-electron chi connectivity index (χ0n) is 153. The minimum absolute atomic E-state index is 0.128. The van der Waals surface area contributed by atoms with Gasteiger partial charge in [0.15, 0.2) is 57.5 Å². The lowest BCUT2D eigenvalue weighted by Crippen LogP contribution is -2.48. The number of ether oxygens (including phenoxy) is 10. The Morgan fingerprint density at radius 1 is 0.342 bits per heavy atom. The quantitative estimate of drug-likeness (QED) is 0.0552. The van der Waals surface area contributed by atoms with Crippen molar-refractivity contribution >= 4 is 0 Å². The Balaban J connectivity index is 0.000000235. The minimum Gasteiger partial charge on any atom is -0.493 e. The average molecular weight is 1710 g/mol. The molecule has 10 aliphatic rings. The van der Waals surface area contributed by atoms with Gasteiger partial charge in [0.25, 0.3) is 0 Å². The van der Waals surface area contributed by atoms with Crippen LogP contribution in [0.25, 0.3) is 0 Å². The molecule has 0 radical (unpaired) electrons. The van der Waals surface area contributed by atoms with E-state index in [1.807, 2.05) is 0 Å². The number of fused-ring (bicyclic) bond motifs is 15. The van der Waals surface area contributed by atoms with E-state index < -0.39 is 504 Å². The van der Waals surface area contributed by atoms with E-state index in [2.05, 4.69) is 0 Å². The van der Waals surface area contributed by atoms with Gasteiger partial charge in [-0.25, -0.2) is 0 Å². The number of hydrogen-bond acceptors (Lipinski definition) is 20. The van der Waals surface area contributed by atoms with Crippen molar-refractivity contribution in [1.29, 1.82) is 0 Å². The summed E-state index contributed by atoms with van der Waals surface area (Å²) in [6.45, 7) is -46.0. The number of nitrogens with zero attached hydrogens (tertiary/aromatic N) is 5. The van der Waals surface area contributed by atoms with Crippen molar-refractivity contribution in [2.24, 2.45) is 58.1 Å². The second-order valence-corrected chi connectivity index (χ2v) is 27.1. The number of benzene rings is 5. The fraction of sp³-hybridized carbons (Fsp3) is 0.691. The summed E-state index contributed by atoms with van der Waals surface area (Å²) in [6.07, 6.45) is -70.2. The number of hydrogen-bond donors (Lipinski definition) is 5. The van der Waals surface area contributed by atoms with Gasteiger partial charge < -0.3 is 72.9 Å². The first kappa shape index (κ1) is 30.9. The third-order valence-corrected chi connectivity index (χ3v) is 16.6. The van der Waals surface area contributed by atoms with Gasteiger partial charge in [-0.05, 0) is 270 Å². The molecular formula is C97H149N5O15. The van der Waals surface area contributed by atoms with Crippen LogP contribution in [0.3, 0.4) is 0 Å². The first-order valence-electron chi connectivity index (χ1n) is 78.7. The van der Waals surface area contributed by atoms with Gasteiger partial charge in [0.05, 0.1) is 137 Å². The van der Waals surface area contributed by atoms with E-state index in [1.54, 1.807) is 0 Å². The molecule has 0 saturated carbocycles. The normalized spacial score (nSPS) is 57.2. The van der Waals surface area contributed by atoms with Crippen molar-refractivity contribution in [2.75, 3.05) is 136 Å². The maximum absolute atomic E-state index is 11.7. The lowest BCUT2D eigenvalue weighted by atomic mass is 9.75. The van der Waals surface area contributed by atoms with Gasteiger partial charge in [0.1, 0.15) is 0 Å². The van der Waals surface area contributed by atoms with Crippen molar-refractivity contribution in [3.8, 4) is 57.5 Å². The first-order chi connectivity index (χ1) is 89.4. The Hall–Kier alpha value is -6.30. The van der Waals surface area contributed by atoms with Crippen molar-refractivity contribution in [3.05, 3.63) is 116 Å². The monoisotopic (exact) mass is 1710 g/mol. The summed E-state index contributed by atoms with van der Waals surface area (Å²) in [7, 11) is 1.12. The van der Waals surface area contributed by atoms with Crippen molar-refractivity contribution in [1.82, 2.24) is 24.5 Å². The maximum Gasteiger partial charge on any atom is 0.161 e. The molecule has 20 nitrogen and oxygen atoms in total. The zero-order valence-corrected chi connectivity index (χ0v) is 65.9. The van der Waals surface area contributed by atoms with Crippen LogP contribution in [0.4, 0.5) is 0 Å². The number of methoxy groups -OCH3 is 10. The molecule has 0 bridgehead atoms. The van der Waals surface area contributed by atoms with Crippen LogP contribution < -0.4 is 47.4 Å². The highest BCUT2D eigenvalue weighted by molar-refractivity contribution is 5.54. The molecule has 5 N–H and O–H groups in total. The van der Waals surface area contributed by atoms with Crippen molar-refractivity contribution < 1.29 is 192 Å². The summed E-state index contributed by atoms with van der Waals surface area (Å²) in [5.41, 5.74) is -19.9. The van der Waals surface area contributed by atoms with Gasteiger partial charge in [-0.1, -0.05) is 82.8 Å². The predicted octanol–water partition coefficient (Wildman–Crippen LogP) is 15.9. The first-order valence-corrected chi connectivity index (χ1v) is 35.2. The summed E-state index contributed by atoms with van der Waals surface area (Å²) < 4.78 is 795. The maximum atomic E-state index is 11.7. The van der Waals surface area contributed by atoms with Crippen molar-refractivity contribution in [2.45, 2.75) is 239 Å². The largest absolute Gasteiger partial charge is 0.493 e. The average Bonchev–Trinajstić information content (AvgIpc) is 0.618. The van der Waals surface area contributed by atoms with E-state index in [1.165, 1.54) is 41.5 Å². The van der Waals surface area contributed by atoms with Gasteiger partial charge in [0, 0.05) is 179 Å². The summed E-state index contributed by atoms with van der Waals surface area (Å²) >= 11 is 0. The lowest BCUT2D eigenvalue weighted by molar-refractivity contribution is -0.0259. The molecule has 5 fully saturated rings. The fourth-order valence-corrected chi connectivity index (χ4v) is 11.5. The van der Waals surface area contributed by atoms with Gasteiger partial charge in [-0.15, -0.1) is 0 Å². The molecule has 15 atom stereocenters. The van der Waals surface area contributed by atoms with Crippen LogP contribution in [-0.4, -0.2) is 216 Å². The van der Waals surface area contributed by atoms with Crippen LogP contribution in [0.15, 0.2) is 60.4 Å². The topological polar surface area (TPSA) is 210 Å². The lowest BCUT2D eigenvalue weighted by Gasteiger charge is -2.47. The van der Waals surface area contributed by atoms with E-state index >= 15 is 0 Å². The van der Waals surface area contributed by atoms with E-state index in [0.717, 1.165) is 56.9 Å². The van der Waals surface area contributed by atoms with Crippen LogP contribution >= 0.6 is 0 Å². The number of aliphatic hydroxyl groups is 5. The third-order valence-electron chi connectivity index (χ3n) is 16.6. The smallest absolute Gasteiger partial charge is 0.161 e. The highest BCUT2D eigenvalue weighted by atomic mass is 16.5. The summed E-state index contributed by atoms with van der Waals surface area (Å²) in [5, 5.41) is 57.1. The zero-order chi connectivity index (χ0) is 162. The highest BCUT2D eigenvalue weighted by Crippen LogP contribution is 2.51. The SMILES string of the molecule is [2H]c1c(OC)c(OC([2H])([2H])[2H])c([2H])c2c1C([2H])([2H])C([2H])([2H])N1C([2H])([2H])C([2H])(C([2H])([2H])C(C)(C([2H])([2H])[2H])C([2H])([2H])[2H])C([2H])(O)C([2H])([2H])C21[2H].[2H]c1c(OC)c(OC([2H])([2H])[2H])c([2H])c2c1C([2H])([2H])C([2H])([2H])N1C([2H])([2H])C([2H])(CC(C)C)C([2H])(O)C([2H])([2H])C21[2H].[2H]c1c(OC)c(OC)c([2H])c2c1C([2H])([2H])C([2H])([2H])N1C([2H])([2H])C([2H])(C([2H])([2H])C(C)(C([2H])([2H])[2H])C([2H])([2H])[2H])C([2H])(O)C([2H])([2H])C21[2H].[2H]c1c(OC)c(OC)c([2H])c2c1C([2H])([2H])C([2H])([2H])N1C([2H])([2H])C([2H])(CC(C)C)C([2H])(O)C([2H])([2H])C21[2H].[2H]c1c(OC)c(OC)c([2H])c2c1C([2H])([2H])C([2H])([2H])N1C([2H])([2H])C([2H])(CC(C)C)C([2H])(O)C([2H])([2H])C21[2H]. The molecule has 0 aliphatic carbocycles. The molecule has 652 valence electrons. The van der Waals surface area contributed by atoms with E-state index in [-0.39, 0.29) is 28.5 Å². The molecule has 15 unspecified atom stereocenters. The summed E-state index contributed by atoms with van der Waals surface area (Å²) in [6, 6.07) is -30.1. The molecule has 0 amide bonds. The molecule has 10 aliphatic heterocycles. The van der Waals surface area contributed by atoms with Crippen LogP contribution in [0.1, 0.15) is 352 Å². The number of piperidine rings is 5. The Morgan fingerprint density at radius 3 is 0.718 bits per heavy atom. The summed E-state index contributed by atoms with van der Waals surface area (Å²) in [5.74, 6) is -28.6. The molecule has 5 aromatic carbocycles. The van der Waals surface area contributed by atoms with Gasteiger partial charge in [0.2, 0.25) is 0 Å². The number of rotatable bonds is 18.